The molecule has 3 rings (SSSR count). The summed E-state index contributed by atoms with van der Waals surface area (Å²) in [5.41, 5.74) is 3.00. The zero-order valence-corrected chi connectivity index (χ0v) is 11.1. The Morgan fingerprint density at radius 3 is 2.75 bits per heavy atom. The van der Waals surface area contributed by atoms with Crippen LogP contribution in [-0.2, 0) is 6.61 Å². The average Bonchev–Trinajstić information content (AvgIpc) is 2.53. The minimum absolute atomic E-state index is 0.0334. The van der Waals surface area contributed by atoms with Crippen molar-refractivity contribution >= 4 is 6.08 Å². The summed E-state index contributed by atoms with van der Waals surface area (Å²) >= 11 is 0. The molecular formula is C17H16O3. The lowest BCUT2D eigenvalue weighted by atomic mass is 10.1. The van der Waals surface area contributed by atoms with E-state index in [4.69, 9.17) is 14.6 Å². The summed E-state index contributed by atoms with van der Waals surface area (Å²) in [6.07, 6.45) is 1.96. The molecule has 2 aromatic rings. The highest BCUT2D eigenvalue weighted by Crippen LogP contribution is 2.30. The topological polar surface area (TPSA) is 38.7 Å². The van der Waals surface area contributed by atoms with Gasteiger partial charge in [-0.05, 0) is 29.3 Å². The zero-order chi connectivity index (χ0) is 13.8. The third kappa shape index (κ3) is 2.83. The maximum atomic E-state index is 9.11. The van der Waals surface area contributed by atoms with E-state index in [1.807, 2.05) is 54.6 Å². The summed E-state index contributed by atoms with van der Waals surface area (Å²) in [4.78, 5) is 0. The van der Waals surface area contributed by atoms with Crippen molar-refractivity contribution in [3.63, 3.8) is 0 Å². The largest absolute Gasteiger partial charge is 0.489 e. The van der Waals surface area contributed by atoms with Crippen molar-refractivity contribution in [1.82, 2.24) is 0 Å². The van der Waals surface area contributed by atoms with Crippen molar-refractivity contribution in [3.8, 4) is 11.5 Å². The monoisotopic (exact) mass is 268 g/mol. The van der Waals surface area contributed by atoms with Crippen LogP contribution in [-0.4, -0.2) is 18.3 Å². The molecule has 0 bridgehead atoms. The molecule has 102 valence electrons. The lowest BCUT2D eigenvalue weighted by Gasteiger charge is -2.17. The number of aliphatic hydroxyl groups excluding tert-OH is 1. The second-order valence-electron chi connectivity index (χ2n) is 4.72. The van der Waals surface area contributed by atoms with E-state index in [0.717, 1.165) is 28.2 Å². The number of hydrogen-bond acceptors (Lipinski definition) is 3. The van der Waals surface area contributed by atoms with Gasteiger partial charge < -0.3 is 14.6 Å². The van der Waals surface area contributed by atoms with Crippen LogP contribution in [0.4, 0.5) is 0 Å². The van der Waals surface area contributed by atoms with Crippen LogP contribution in [0.1, 0.15) is 11.1 Å². The first-order chi connectivity index (χ1) is 9.85. The van der Waals surface area contributed by atoms with Crippen LogP contribution in [0.3, 0.4) is 0 Å². The molecule has 3 heteroatoms. The molecule has 0 atom stereocenters. The van der Waals surface area contributed by atoms with E-state index in [1.165, 1.54) is 0 Å². The van der Waals surface area contributed by atoms with E-state index in [-0.39, 0.29) is 6.61 Å². The number of ether oxygens (including phenoxy) is 2. The number of aliphatic hydroxyl groups is 1. The Balaban J connectivity index is 1.72. The van der Waals surface area contributed by atoms with Crippen LogP contribution in [0, 0.1) is 0 Å². The second kappa shape index (κ2) is 5.80. The van der Waals surface area contributed by atoms with Crippen molar-refractivity contribution in [1.29, 1.82) is 0 Å². The van der Waals surface area contributed by atoms with Crippen molar-refractivity contribution in [3.05, 3.63) is 65.2 Å². The van der Waals surface area contributed by atoms with Gasteiger partial charge in [0.15, 0.2) is 0 Å². The average molecular weight is 268 g/mol. The Morgan fingerprint density at radius 1 is 1.10 bits per heavy atom. The lowest BCUT2D eigenvalue weighted by Crippen LogP contribution is -2.10. The maximum Gasteiger partial charge on any atom is 0.130 e. The fourth-order valence-corrected chi connectivity index (χ4v) is 2.11. The van der Waals surface area contributed by atoms with Gasteiger partial charge in [0.25, 0.3) is 0 Å². The molecule has 2 aromatic carbocycles. The van der Waals surface area contributed by atoms with Crippen molar-refractivity contribution in [2.24, 2.45) is 0 Å². The zero-order valence-electron chi connectivity index (χ0n) is 11.1. The first-order valence-corrected chi connectivity index (χ1v) is 6.59. The summed E-state index contributed by atoms with van der Waals surface area (Å²) < 4.78 is 11.4. The minimum atomic E-state index is 0.0334. The highest BCUT2D eigenvalue weighted by Gasteiger charge is 2.11. The smallest absolute Gasteiger partial charge is 0.130 e. The van der Waals surface area contributed by atoms with E-state index >= 15 is 0 Å². The van der Waals surface area contributed by atoms with E-state index in [2.05, 4.69) is 0 Å². The highest BCUT2D eigenvalue weighted by molar-refractivity contribution is 5.63. The van der Waals surface area contributed by atoms with Gasteiger partial charge in [-0.1, -0.05) is 30.3 Å². The molecule has 0 aromatic heterocycles. The van der Waals surface area contributed by atoms with Gasteiger partial charge in [-0.25, -0.2) is 0 Å². The molecule has 0 spiro atoms. The molecule has 1 aliphatic heterocycles. The predicted octanol–water partition coefficient (Wildman–Crippen LogP) is 3.03. The second-order valence-corrected chi connectivity index (χ2v) is 4.72. The van der Waals surface area contributed by atoms with Crippen LogP contribution >= 0.6 is 0 Å². The molecule has 0 fully saturated rings. The molecule has 0 radical (unpaired) electrons. The van der Waals surface area contributed by atoms with Gasteiger partial charge in [0, 0.05) is 11.6 Å². The first kappa shape index (κ1) is 12.8. The summed E-state index contributed by atoms with van der Waals surface area (Å²) in [5.74, 6) is 1.58. The molecule has 1 heterocycles. The van der Waals surface area contributed by atoms with Crippen molar-refractivity contribution < 1.29 is 14.6 Å². The standard InChI is InChI=1S/C17H16O3/c18-10-14-8-15-6-7-16(9-17(15)20-12-14)19-11-13-4-2-1-3-5-13/h1-9,18H,10-12H2. The van der Waals surface area contributed by atoms with Gasteiger partial charge in [0.1, 0.15) is 24.7 Å². The number of benzene rings is 2. The molecule has 0 unspecified atom stereocenters. The van der Waals surface area contributed by atoms with Gasteiger partial charge in [0.2, 0.25) is 0 Å². The molecule has 0 saturated heterocycles. The number of rotatable bonds is 4. The van der Waals surface area contributed by atoms with E-state index in [1.54, 1.807) is 0 Å². The fourth-order valence-electron chi connectivity index (χ4n) is 2.11. The summed E-state index contributed by atoms with van der Waals surface area (Å²) in [6.45, 7) is 1.01. The maximum absolute atomic E-state index is 9.11. The number of fused-ring (bicyclic) bond motifs is 1. The Morgan fingerprint density at radius 2 is 1.95 bits per heavy atom. The minimum Gasteiger partial charge on any atom is -0.489 e. The van der Waals surface area contributed by atoms with Crippen LogP contribution in [0.25, 0.3) is 6.08 Å². The molecular weight excluding hydrogens is 252 g/mol. The third-order valence-electron chi connectivity index (χ3n) is 3.21. The molecule has 1 N–H and O–H groups in total. The Bertz CT molecular complexity index is 617. The summed E-state index contributed by atoms with van der Waals surface area (Å²) in [6, 6.07) is 15.8. The molecule has 0 saturated carbocycles. The number of hydrogen-bond donors (Lipinski definition) is 1. The van der Waals surface area contributed by atoms with E-state index in [0.29, 0.717) is 13.2 Å². The summed E-state index contributed by atoms with van der Waals surface area (Å²) in [5, 5.41) is 9.11. The van der Waals surface area contributed by atoms with Crippen LogP contribution < -0.4 is 9.47 Å². The molecule has 3 nitrogen and oxygen atoms in total. The van der Waals surface area contributed by atoms with Gasteiger partial charge in [0.05, 0.1) is 6.61 Å². The first-order valence-electron chi connectivity index (χ1n) is 6.59. The predicted molar refractivity (Wildman–Crippen MR) is 77.8 cm³/mol. The molecule has 0 aliphatic carbocycles. The SMILES string of the molecule is OCC1=Cc2ccc(OCc3ccccc3)cc2OC1. The van der Waals surface area contributed by atoms with Gasteiger partial charge in [-0.2, -0.15) is 0 Å². The Labute approximate surface area is 118 Å². The Kier molecular flexibility index (Phi) is 3.70. The normalized spacial score (nSPS) is 13.2. The van der Waals surface area contributed by atoms with Gasteiger partial charge >= 0.3 is 0 Å². The fraction of sp³-hybridized carbons (Fsp3) is 0.176. The van der Waals surface area contributed by atoms with Crippen molar-refractivity contribution in [2.75, 3.05) is 13.2 Å². The van der Waals surface area contributed by atoms with E-state index in [9.17, 15) is 0 Å². The van der Waals surface area contributed by atoms with E-state index < -0.39 is 0 Å². The van der Waals surface area contributed by atoms with Crippen LogP contribution in [0.5, 0.6) is 11.5 Å². The molecule has 1 aliphatic rings. The van der Waals surface area contributed by atoms with Crippen LogP contribution in [0.2, 0.25) is 0 Å². The van der Waals surface area contributed by atoms with Gasteiger partial charge in [-0.15, -0.1) is 0 Å². The molecule has 20 heavy (non-hydrogen) atoms. The lowest BCUT2D eigenvalue weighted by molar-refractivity contribution is 0.280. The van der Waals surface area contributed by atoms with Crippen molar-refractivity contribution in [2.45, 2.75) is 6.61 Å². The summed E-state index contributed by atoms with van der Waals surface area (Å²) in [7, 11) is 0. The molecule has 0 amide bonds. The van der Waals surface area contributed by atoms with Crippen LogP contribution in [0.15, 0.2) is 54.1 Å². The third-order valence-corrected chi connectivity index (χ3v) is 3.21. The quantitative estimate of drug-likeness (QED) is 0.926. The van der Waals surface area contributed by atoms with Gasteiger partial charge in [-0.3, -0.25) is 0 Å². The Hall–Kier alpha value is -2.26. The highest BCUT2D eigenvalue weighted by atomic mass is 16.5.